The van der Waals surface area contributed by atoms with Gasteiger partial charge in [-0.2, -0.15) is 0 Å². The standard InChI is InChI=1S/C10H7ClN4O3S/c11-5-1-2-7(6(3-5)9(16)17)13-10(18)14-8-4-12-15-19-8/h1-4H,(H,16,17)(H2,13,14,18). The molecule has 0 saturated carbocycles. The maximum Gasteiger partial charge on any atom is 0.337 e. The van der Waals surface area contributed by atoms with E-state index in [2.05, 4.69) is 20.2 Å². The molecule has 19 heavy (non-hydrogen) atoms. The summed E-state index contributed by atoms with van der Waals surface area (Å²) in [6, 6.07) is 3.57. The van der Waals surface area contributed by atoms with Gasteiger partial charge in [-0.1, -0.05) is 16.1 Å². The Morgan fingerprint density at radius 1 is 1.32 bits per heavy atom. The highest BCUT2D eigenvalue weighted by Crippen LogP contribution is 2.21. The molecule has 0 fully saturated rings. The third-order valence-electron chi connectivity index (χ3n) is 2.06. The lowest BCUT2D eigenvalue weighted by Gasteiger charge is -2.08. The average molecular weight is 299 g/mol. The summed E-state index contributed by atoms with van der Waals surface area (Å²) in [5.41, 5.74) is 0.0527. The van der Waals surface area contributed by atoms with E-state index in [0.717, 1.165) is 11.5 Å². The molecule has 7 nitrogen and oxygen atoms in total. The minimum absolute atomic E-state index is 0.0925. The minimum atomic E-state index is -1.18. The molecule has 9 heteroatoms. The van der Waals surface area contributed by atoms with Crippen LogP contribution >= 0.6 is 23.1 Å². The van der Waals surface area contributed by atoms with Gasteiger partial charge < -0.3 is 10.4 Å². The summed E-state index contributed by atoms with van der Waals surface area (Å²) >= 11 is 6.71. The number of hydrogen-bond donors (Lipinski definition) is 3. The molecule has 2 rings (SSSR count). The van der Waals surface area contributed by atoms with Gasteiger partial charge in [0.15, 0.2) is 0 Å². The second-order valence-corrected chi connectivity index (χ2v) is 4.58. The Morgan fingerprint density at radius 3 is 2.74 bits per heavy atom. The molecule has 0 unspecified atom stereocenters. The van der Waals surface area contributed by atoms with E-state index >= 15 is 0 Å². The maximum atomic E-state index is 11.6. The van der Waals surface area contributed by atoms with Crippen molar-refractivity contribution >= 4 is 45.8 Å². The second-order valence-electron chi connectivity index (χ2n) is 3.36. The third kappa shape index (κ3) is 3.39. The lowest BCUT2D eigenvalue weighted by molar-refractivity contribution is 0.0698. The molecule has 1 aromatic carbocycles. The summed E-state index contributed by atoms with van der Waals surface area (Å²) in [5, 5.41) is 18.2. The van der Waals surface area contributed by atoms with Crippen LogP contribution in [0.1, 0.15) is 10.4 Å². The quantitative estimate of drug-likeness (QED) is 0.807. The SMILES string of the molecule is O=C(Nc1cnns1)Nc1ccc(Cl)cc1C(=O)O. The van der Waals surface area contributed by atoms with Crippen LogP contribution in [-0.2, 0) is 0 Å². The fourth-order valence-electron chi connectivity index (χ4n) is 1.29. The number of anilines is 2. The molecule has 3 N–H and O–H groups in total. The van der Waals surface area contributed by atoms with Crippen LogP contribution in [0, 0.1) is 0 Å². The Bertz CT molecular complexity index is 617. The Labute approximate surface area is 116 Å². The van der Waals surface area contributed by atoms with E-state index in [4.69, 9.17) is 16.7 Å². The number of nitrogens with zero attached hydrogens (tertiary/aromatic N) is 2. The van der Waals surface area contributed by atoms with E-state index < -0.39 is 12.0 Å². The molecule has 0 radical (unpaired) electrons. The van der Waals surface area contributed by atoms with Crippen molar-refractivity contribution in [1.29, 1.82) is 0 Å². The Morgan fingerprint density at radius 2 is 2.11 bits per heavy atom. The van der Waals surface area contributed by atoms with Gasteiger partial charge in [0, 0.05) is 16.6 Å². The lowest BCUT2D eigenvalue weighted by Crippen LogP contribution is -2.20. The zero-order chi connectivity index (χ0) is 13.8. The molecule has 0 aliphatic carbocycles. The molecule has 98 valence electrons. The number of halogens is 1. The molecule has 0 atom stereocenters. The largest absolute Gasteiger partial charge is 0.478 e. The predicted octanol–water partition coefficient (Wildman–Crippen LogP) is 2.53. The summed E-state index contributed by atoms with van der Waals surface area (Å²) in [6.07, 6.45) is 1.38. The molecule has 2 aromatic rings. The van der Waals surface area contributed by atoms with E-state index in [1.165, 1.54) is 24.4 Å². The highest BCUT2D eigenvalue weighted by atomic mass is 35.5. The number of carbonyl (C=O) groups excluding carboxylic acids is 1. The molecule has 0 spiro atoms. The van der Waals surface area contributed by atoms with Crippen LogP contribution in [0.15, 0.2) is 24.4 Å². The Balaban J connectivity index is 2.14. The molecule has 2 amide bonds. The van der Waals surface area contributed by atoms with Gasteiger partial charge in [-0.3, -0.25) is 5.32 Å². The third-order valence-corrected chi connectivity index (χ3v) is 2.87. The van der Waals surface area contributed by atoms with Crippen molar-refractivity contribution in [3.8, 4) is 0 Å². The molecule has 0 bridgehead atoms. The number of carboxylic acid groups (broad SMARTS) is 1. The van der Waals surface area contributed by atoms with Crippen molar-refractivity contribution < 1.29 is 14.7 Å². The van der Waals surface area contributed by atoms with Crippen molar-refractivity contribution in [2.45, 2.75) is 0 Å². The van der Waals surface area contributed by atoms with Crippen LogP contribution in [0.4, 0.5) is 15.5 Å². The molecular formula is C10H7ClN4O3S. The van der Waals surface area contributed by atoms with Crippen molar-refractivity contribution in [3.63, 3.8) is 0 Å². The first-order valence-electron chi connectivity index (χ1n) is 4.94. The fraction of sp³-hybridized carbons (Fsp3) is 0. The molecular weight excluding hydrogens is 292 g/mol. The second kappa shape index (κ2) is 5.63. The zero-order valence-corrected chi connectivity index (χ0v) is 10.8. The summed E-state index contributed by atoms with van der Waals surface area (Å²) in [6.45, 7) is 0. The van der Waals surface area contributed by atoms with E-state index in [1.54, 1.807) is 0 Å². The van der Waals surface area contributed by atoms with E-state index in [9.17, 15) is 9.59 Å². The van der Waals surface area contributed by atoms with Crippen LogP contribution in [-0.4, -0.2) is 26.7 Å². The monoisotopic (exact) mass is 298 g/mol. The molecule has 0 aliphatic rings. The minimum Gasteiger partial charge on any atom is -0.478 e. The maximum absolute atomic E-state index is 11.6. The van der Waals surface area contributed by atoms with E-state index in [-0.39, 0.29) is 16.3 Å². The fourth-order valence-corrected chi connectivity index (χ4v) is 1.88. The zero-order valence-electron chi connectivity index (χ0n) is 9.25. The summed E-state index contributed by atoms with van der Waals surface area (Å²) in [5.74, 6) is -1.18. The van der Waals surface area contributed by atoms with Crippen LogP contribution in [0.2, 0.25) is 5.02 Å². The number of nitrogens with one attached hydrogen (secondary N) is 2. The molecule has 0 saturated heterocycles. The number of urea groups is 1. The average Bonchev–Trinajstić information content (AvgIpc) is 2.83. The molecule has 1 aromatic heterocycles. The number of carbonyl (C=O) groups is 2. The smallest absolute Gasteiger partial charge is 0.337 e. The number of rotatable bonds is 3. The van der Waals surface area contributed by atoms with Crippen molar-refractivity contribution in [2.75, 3.05) is 10.6 Å². The van der Waals surface area contributed by atoms with Crippen molar-refractivity contribution in [2.24, 2.45) is 0 Å². The topological polar surface area (TPSA) is 104 Å². The first-order valence-corrected chi connectivity index (χ1v) is 6.09. The van der Waals surface area contributed by atoms with Crippen LogP contribution < -0.4 is 10.6 Å². The predicted molar refractivity (Wildman–Crippen MR) is 71.0 cm³/mol. The normalized spacial score (nSPS) is 9.95. The van der Waals surface area contributed by atoms with E-state index in [1.807, 2.05) is 0 Å². The Kier molecular flexibility index (Phi) is 3.93. The van der Waals surface area contributed by atoms with Crippen LogP contribution in [0.5, 0.6) is 0 Å². The van der Waals surface area contributed by atoms with Gasteiger partial charge in [-0.15, -0.1) is 5.10 Å². The lowest BCUT2D eigenvalue weighted by atomic mass is 10.2. The van der Waals surface area contributed by atoms with Gasteiger partial charge in [-0.25, -0.2) is 9.59 Å². The van der Waals surface area contributed by atoms with Gasteiger partial charge in [0.2, 0.25) is 0 Å². The van der Waals surface area contributed by atoms with Gasteiger partial charge in [0.05, 0.1) is 17.4 Å². The van der Waals surface area contributed by atoms with Gasteiger partial charge >= 0.3 is 12.0 Å². The molecule has 0 aliphatic heterocycles. The number of benzene rings is 1. The first kappa shape index (κ1) is 13.2. The summed E-state index contributed by atoms with van der Waals surface area (Å²) < 4.78 is 3.58. The van der Waals surface area contributed by atoms with Gasteiger partial charge in [0.25, 0.3) is 0 Å². The first-order chi connectivity index (χ1) is 9.06. The molecule has 1 heterocycles. The summed E-state index contributed by atoms with van der Waals surface area (Å²) in [4.78, 5) is 22.7. The van der Waals surface area contributed by atoms with Gasteiger partial charge in [0.1, 0.15) is 5.00 Å². The Hall–Kier alpha value is -2.19. The van der Waals surface area contributed by atoms with E-state index in [0.29, 0.717) is 5.00 Å². The van der Waals surface area contributed by atoms with Gasteiger partial charge in [-0.05, 0) is 18.2 Å². The number of carboxylic acids is 1. The number of hydrogen-bond acceptors (Lipinski definition) is 5. The van der Waals surface area contributed by atoms with Crippen molar-refractivity contribution in [3.05, 3.63) is 35.0 Å². The highest BCUT2D eigenvalue weighted by molar-refractivity contribution is 7.10. The number of aromatic carboxylic acids is 1. The van der Waals surface area contributed by atoms with Crippen LogP contribution in [0.3, 0.4) is 0 Å². The number of amides is 2. The van der Waals surface area contributed by atoms with Crippen LogP contribution in [0.25, 0.3) is 0 Å². The van der Waals surface area contributed by atoms with Crippen molar-refractivity contribution in [1.82, 2.24) is 9.59 Å². The highest BCUT2D eigenvalue weighted by Gasteiger charge is 2.13. The summed E-state index contributed by atoms with van der Waals surface area (Å²) in [7, 11) is 0. The number of aromatic nitrogens is 2.